The average Bonchev–Trinajstić information content (AvgIpc) is 3.09. The molecule has 12 nitrogen and oxygen atoms in total. The Morgan fingerprint density at radius 3 is 2.68 bits per heavy atom. The number of phosphoric acid groups is 1. The molecule has 1 aliphatic heterocycles. The summed E-state index contributed by atoms with van der Waals surface area (Å²) in [7, 11) is -4.76. The zero-order chi connectivity index (χ0) is 20.9. The van der Waals surface area contributed by atoms with Crippen LogP contribution < -0.4 is 5.73 Å². The van der Waals surface area contributed by atoms with Crippen molar-refractivity contribution >= 4 is 36.5 Å². The molecule has 0 radical (unpaired) electrons. The van der Waals surface area contributed by atoms with Crippen LogP contribution >= 0.6 is 19.4 Å². The van der Waals surface area contributed by atoms with Gasteiger partial charge in [0, 0.05) is 6.42 Å². The summed E-state index contributed by atoms with van der Waals surface area (Å²) in [5.41, 5.74) is 4.78. The Hall–Kier alpha value is -1.37. The monoisotopic (exact) mass is 437 g/mol. The van der Waals surface area contributed by atoms with Crippen molar-refractivity contribution < 1.29 is 33.8 Å². The number of ether oxygens (including phenoxy) is 1. The van der Waals surface area contributed by atoms with Crippen LogP contribution in [0.5, 0.6) is 0 Å². The molecule has 0 amide bonds. The summed E-state index contributed by atoms with van der Waals surface area (Å²) in [5.74, 6) is -0.0996. The summed E-state index contributed by atoms with van der Waals surface area (Å²) in [4.78, 5) is 30.2. The molecule has 28 heavy (non-hydrogen) atoms. The number of nitrogens with two attached hydrogens (primary N) is 1. The summed E-state index contributed by atoms with van der Waals surface area (Å²) >= 11 is 5.99. The third kappa shape index (κ3) is 4.14. The molecule has 5 atom stereocenters. The van der Waals surface area contributed by atoms with Gasteiger partial charge in [-0.3, -0.25) is 9.09 Å². The number of fused-ring (bicyclic) bond motifs is 1. The van der Waals surface area contributed by atoms with Crippen molar-refractivity contribution in [2.75, 3.05) is 5.73 Å². The molecule has 0 saturated carbocycles. The number of hydrogen-bond acceptors (Lipinski definition) is 9. The maximum absolute atomic E-state index is 11.3. The standard InChI is InChI=1S/C14H21ClN5O7P/c1-3-14(2,27-28(23,24)25)4-6-8(21)9(22)12(26-6)20-5-17-7-10(15)18-13(16)19-11(7)20/h5-6,8-9,12,21-22H,3-4H2,1-2H3,(H2,16,18,19)(H2,23,24,25)/t6-,8-,9-,12?,14?/m1/s1. The SMILES string of the molecule is CCC(C)(C[C@H]1OC(n2cnc3c(Cl)nc(N)nc32)[C@H](O)[C@@H]1O)OP(=O)(O)O. The number of phosphoric ester groups is 1. The Morgan fingerprint density at radius 2 is 2.07 bits per heavy atom. The topological polar surface area (TPSA) is 186 Å². The van der Waals surface area contributed by atoms with Crippen molar-refractivity contribution in [2.24, 2.45) is 0 Å². The number of rotatable bonds is 6. The van der Waals surface area contributed by atoms with Gasteiger partial charge >= 0.3 is 7.82 Å². The van der Waals surface area contributed by atoms with Gasteiger partial charge in [0.1, 0.15) is 17.7 Å². The van der Waals surface area contributed by atoms with Gasteiger partial charge in [-0.1, -0.05) is 18.5 Å². The van der Waals surface area contributed by atoms with E-state index in [0.717, 1.165) is 0 Å². The Balaban J connectivity index is 1.88. The lowest BCUT2D eigenvalue weighted by atomic mass is 9.93. The van der Waals surface area contributed by atoms with Crippen LogP contribution in [0.1, 0.15) is 32.9 Å². The fraction of sp³-hybridized carbons (Fsp3) is 0.643. The van der Waals surface area contributed by atoms with E-state index in [9.17, 15) is 14.8 Å². The van der Waals surface area contributed by atoms with Gasteiger partial charge in [-0.05, 0) is 13.3 Å². The van der Waals surface area contributed by atoms with E-state index in [1.807, 2.05) is 0 Å². The van der Waals surface area contributed by atoms with E-state index in [0.29, 0.717) is 0 Å². The van der Waals surface area contributed by atoms with Gasteiger partial charge in [0.25, 0.3) is 0 Å². The van der Waals surface area contributed by atoms with Crippen molar-refractivity contribution in [3.63, 3.8) is 0 Å². The molecule has 1 aliphatic rings. The fourth-order valence-corrected chi connectivity index (χ4v) is 4.17. The molecule has 0 aromatic carbocycles. The number of aliphatic hydroxyl groups excluding tert-OH is 2. The molecule has 0 spiro atoms. The van der Waals surface area contributed by atoms with Crippen molar-refractivity contribution in [3.05, 3.63) is 11.5 Å². The van der Waals surface area contributed by atoms with Crippen LogP contribution in [-0.2, 0) is 13.8 Å². The Bertz CT molecular complexity index is 923. The third-order valence-electron chi connectivity index (χ3n) is 4.73. The number of nitrogens with zero attached hydrogens (tertiary/aromatic N) is 4. The first-order valence-corrected chi connectivity index (χ1v) is 10.3. The largest absolute Gasteiger partial charge is 0.470 e. The van der Waals surface area contributed by atoms with E-state index >= 15 is 0 Å². The van der Waals surface area contributed by atoms with Crippen LogP contribution in [-0.4, -0.2) is 63.4 Å². The van der Waals surface area contributed by atoms with Gasteiger partial charge in [-0.25, -0.2) is 9.55 Å². The van der Waals surface area contributed by atoms with Crippen LogP contribution in [0.2, 0.25) is 5.15 Å². The normalized spacial score (nSPS) is 28.0. The van der Waals surface area contributed by atoms with E-state index in [-0.39, 0.29) is 35.1 Å². The highest BCUT2D eigenvalue weighted by Crippen LogP contribution is 2.46. The first-order chi connectivity index (χ1) is 12.9. The first-order valence-electron chi connectivity index (χ1n) is 8.37. The van der Waals surface area contributed by atoms with Crippen LogP contribution in [0.15, 0.2) is 6.33 Å². The second-order valence-electron chi connectivity index (χ2n) is 6.83. The maximum atomic E-state index is 11.3. The minimum Gasteiger partial charge on any atom is -0.388 e. The van der Waals surface area contributed by atoms with Crippen molar-refractivity contribution in [1.29, 1.82) is 0 Å². The molecular formula is C14H21ClN5O7P. The Labute approximate surface area is 164 Å². The van der Waals surface area contributed by atoms with Crippen LogP contribution in [0.3, 0.4) is 0 Å². The molecule has 6 N–H and O–H groups in total. The molecule has 14 heteroatoms. The highest BCUT2D eigenvalue weighted by atomic mass is 35.5. The van der Waals surface area contributed by atoms with Crippen LogP contribution in [0.25, 0.3) is 11.2 Å². The van der Waals surface area contributed by atoms with Crippen molar-refractivity contribution in [1.82, 2.24) is 19.5 Å². The Kier molecular flexibility index (Phi) is 5.69. The number of aliphatic hydroxyl groups is 2. The smallest absolute Gasteiger partial charge is 0.388 e. The maximum Gasteiger partial charge on any atom is 0.470 e. The quantitative estimate of drug-likeness (QED) is 0.310. The highest BCUT2D eigenvalue weighted by molar-refractivity contribution is 7.46. The minimum absolute atomic E-state index is 0.0273. The van der Waals surface area contributed by atoms with E-state index in [1.54, 1.807) is 6.92 Å². The fourth-order valence-electron chi connectivity index (χ4n) is 3.17. The third-order valence-corrected chi connectivity index (χ3v) is 5.67. The molecule has 0 aliphatic carbocycles. The number of imidazole rings is 1. The average molecular weight is 438 g/mol. The summed E-state index contributed by atoms with van der Waals surface area (Å²) in [6, 6.07) is 0. The van der Waals surface area contributed by atoms with E-state index in [1.165, 1.54) is 17.8 Å². The van der Waals surface area contributed by atoms with Crippen molar-refractivity contribution in [2.45, 2.75) is 56.8 Å². The van der Waals surface area contributed by atoms with Gasteiger partial charge < -0.3 is 30.5 Å². The molecule has 156 valence electrons. The lowest BCUT2D eigenvalue weighted by molar-refractivity contribution is -0.0682. The summed E-state index contributed by atoms with van der Waals surface area (Å²) < 4.78 is 23.3. The van der Waals surface area contributed by atoms with Gasteiger partial charge in [0.15, 0.2) is 17.0 Å². The second-order valence-corrected chi connectivity index (χ2v) is 8.35. The number of anilines is 1. The minimum atomic E-state index is -4.76. The lowest BCUT2D eigenvalue weighted by Gasteiger charge is -2.31. The predicted molar refractivity (Wildman–Crippen MR) is 97.1 cm³/mol. The van der Waals surface area contributed by atoms with Crippen molar-refractivity contribution in [3.8, 4) is 0 Å². The molecule has 2 unspecified atom stereocenters. The zero-order valence-corrected chi connectivity index (χ0v) is 16.7. The molecule has 3 rings (SSSR count). The van der Waals surface area contributed by atoms with Gasteiger partial charge in [0.05, 0.1) is 18.0 Å². The van der Waals surface area contributed by atoms with Gasteiger partial charge in [-0.2, -0.15) is 9.97 Å². The van der Waals surface area contributed by atoms with E-state index < -0.39 is 38.0 Å². The highest BCUT2D eigenvalue weighted by Gasteiger charge is 2.48. The van der Waals surface area contributed by atoms with Crippen LogP contribution in [0, 0.1) is 0 Å². The second kappa shape index (κ2) is 7.47. The first kappa shape index (κ1) is 21.3. The summed E-state index contributed by atoms with van der Waals surface area (Å²) in [6.07, 6.45) is -3.28. The van der Waals surface area contributed by atoms with Crippen LogP contribution in [0.4, 0.5) is 5.95 Å². The number of aromatic nitrogens is 4. The molecule has 1 saturated heterocycles. The van der Waals surface area contributed by atoms with Gasteiger partial charge in [-0.15, -0.1) is 0 Å². The number of nitrogen functional groups attached to an aromatic ring is 1. The molecule has 0 bridgehead atoms. The molecular weight excluding hydrogens is 417 g/mol. The zero-order valence-electron chi connectivity index (χ0n) is 15.0. The molecule has 1 fully saturated rings. The summed E-state index contributed by atoms with van der Waals surface area (Å²) in [6.45, 7) is 3.16. The number of hydrogen-bond donors (Lipinski definition) is 5. The molecule has 2 aromatic heterocycles. The van der Waals surface area contributed by atoms with Gasteiger partial charge in [0.2, 0.25) is 5.95 Å². The lowest BCUT2D eigenvalue weighted by Crippen LogP contribution is -2.38. The van der Waals surface area contributed by atoms with E-state index in [4.69, 9.17) is 36.4 Å². The summed E-state index contributed by atoms with van der Waals surface area (Å²) in [5, 5.41) is 20.9. The molecule has 2 aromatic rings. The number of halogens is 1. The van der Waals surface area contributed by atoms with E-state index in [2.05, 4.69) is 15.0 Å². The molecule has 3 heterocycles. The predicted octanol–water partition coefficient (Wildman–Crippen LogP) is 0.349. The Morgan fingerprint density at radius 1 is 1.39 bits per heavy atom.